The number of carbonyl (C=O) groups is 2. The number of rotatable bonds is 12. The van der Waals surface area contributed by atoms with Gasteiger partial charge in [-0.3, -0.25) is 9.59 Å². The summed E-state index contributed by atoms with van der Waals surface area (Å²) in [5.41, 5.74) is 10.2. The van der Waals surface area contributed by atoms with Gasteiger partial charge in [0.15, 0.2) is 0 Å². The van der Waals surface area contributed by atoms with Crippen LogP contribution >= 0.6 is 0 Å². The zero-order valence-corrected chi connectivity index (χ0v) is 19.5. The Morgan fingerprint density at radius 1 is 1.03 bits per heavy atom. The van der Waals surface area contributed by atoms with Crippen LogP contribution in [0.4, 0.5) is 0 Å². The van der Waals surface area contributed by atoms with Crippen molar-refractivity contribution in [2.75, 3.05) is 6.54 Å². The van der Waals surface area contributed by atoms with E-state index in [0.29, 0.717) is 19.4 Å². The molecular weight excluding hydrogens is 402 g/mol. The third-order valence-electron chi connectivity index (χ3n) is 5.71. The first kappa shape index (κ1) is 25.4. The van der Waals surface area contributed by atoms with Gasteiger partial charge in [0.2, 0.25) is 11.8 Å². The van der Waals surface area contributed by atoms with Crippen LogP contribution in [0.1, 0.15) is 54.9 Å². The van der Waals surface area contributed by atoms with E-state index in [-0.39, 0.29) is 17.6 Å². The molecule has 5 N–H and O–H groups in total. The molecule has 2 atom stereocenters. The monoisotopic (exact) mass is 439 g/mol. The van der Waals surface area contributed by atoms with E-state index in [4.69, 9.17) is 5.73 Å². The van der Waals surface area contributed by atoms with Gasteiger partial charge in [-0.25, -0.2) is 0 Å². The Morgan fingerprint density at radius 2 is 1.69 bits per heavy atom. The summed E-state index contributed by atoms with van der Waals surface area (Å²) in [7, 11) is 0. The summed E-state index contributed by atoms with van der Waals surface area (Å²) >= 11 is 0. The second-order valence-corrected chi connectivity index (χ2v) is 8.45. The Morgan fingerprint density at radius 3 is 2.31 bits per heavy atom. The normalized spacial score (nSPS) is 12.8. The number of aromatic hydroxyl groups is 1. The molecule has 0 aromatic heterocycles. The summed E-state index contributed by atoms with van der Waals surface area (Å²) < 4.78 is 0. The molecule has 2 rings (SSSR count). The summed E-state index contributed by atoms with van der Waals surface area (Å²) in [4.78, 5) is 25.5. The van der Waals surface area contributed by atoms with Gasteiger partial charge in [0.25, 0.3) is 0 Å². The van der Waals surface area contributed by atoms with Gasteiger partial charge in [-0.05, 0) is 73.9 Å². The van der Waals surface area contributed by atoms with Crippen LogP contribution in [0.5, 0.6) is 5.75 Å². The van der Waals surface area contributed by atoms with Crippen molar-refractivity contribution in [1.29, 1.82) is 0 Å². The quantitative estimate of drug-likeness (QED) is 0.381. The zero-order chi connectivity index (χ0) is 23.5. The van der Waals surface area contributed by atoms with E-state index in [0.717, 1.165) is 42.4 Å². The first-order valence-electron chi connectivity index (χ1n) is 11.5. The van der Waals surface area contributed by atoms with Crippen molar-refractivity contribution in [1.82, 2.24) is 10.6 Å². The van der Waals surface area contributed by atoms with Crippen molar-refractivity contribution >= 4 is 11.8 Å². The maximum Gasteiger partial charge on any atom is 0.242 e. The minimum Gasteiger partial charge on any atom is -0.508 e. The van der Waals surface area contributed by atoms with Crippen LogP contribution in [0.15, 0.2) is 42.5 Å². The summed E-state index contributed by atoms with van der Waals surface area (Å²) in [5, 5.41) is 15.5. The summed E-state index contributed by atoms with van der Waals surface area (Å²) in [6, 6.07) is 12.1. The van der Waals surface area contributed by atoms with E-state index < -0.39 is 12.1 Å². The molecular formula is C26H37N3O3. The number of carbonyl (C=O) groups excluding carboxylic acids is 2. The van der Waals surface area contributed by atoms with Gasteiger partial charge in [-0.1, -0.05) is 50.1 Å². The first-order chi connectivity index (χ1) is 15.3. The van der Waals surface area contributed by atoms with E-state index in [9.17, 15) is 14.7 Å². The molecule has 0 radical (unpaired) electrons. The van der Waals surface area contributed by atoms with Gasteiger partial charge in [0.05, 0.1) is 6.04 Å². The Bertz CT molecular complexity index is 860. The minimum atomic E-state index is -0.771. The average molecular weight is 440 g/mol. The fraction of sp³-hybridized carbons (Fsp3) is 0.462. The summed E-state index contributed by atoms with van der Waals surface area (Å²) in [6.07, 6.45) is 4.44. The van der Waals surface area contributed by atoms with Gasteiger partial charge in [-0.2, -0.15) is 0 Å². The zero-order valence-electron chi connectivity index (χ0n) is 19.5. The van der Waals surface area contributed by atoms with Crippen molar-refractivity contribution in [2.24, 2.45) is 5.73 Å². The highest BCUT2D eigenvalue weighted by atomic mass is 16.3. The van der Waals surface area contributed by atoms with E-state index in [1.54, 1.807) is 12.1 Å². The number of hydrogen-bond acceptors (Lipinski definition) is 4. The summed E-state index contributed by atoms with van der Waals surface area (Å²) in [5.74, 6) is -0.299. The molecule has 6 nitrogen and oxygen atoms in total. The molecule has 0 spiro atoms. The lowest BCUT2D eigenvalue weighted by Gasteiger charge is -2.21. The van der Waals surface area contributed by atoms with Crippen LogP contribution in [-0.4, -0.2) is 35.5 Å². The predicted octanol–water partition coefficient (Wildman–Crippen LogP) is 3.30. The molecule has 6 heteroatoms. The molecule has 1 unspecified atom stereocenters. The Hall–Kier alpha value is -2.86. The molecule has 0 aliphatic heterocycles. The van der Waals surface area contributed by atoms with Crippen LogP contribution in [-0.2, 0) is 22.4 Å². The lowest BCUT2D eigenvalue weighted by molar-refractivity contribution is -0.129. The molecule has 0 saturated heterocycles. The number of benzene rings is 2. The van der Waals surface area contributed by atoms with Crippen LogP contribution < -0.4 is 16.4 Å². The number of amides is 2. The second kappa shape index (κ2) is 12.9. The maximum absolute atomic E-state index is 12.8. The van der Waals surface area contributed by atoms with Crippen LogP contribution in [0.2, 0.25) is 0 Å². The predicted molar refractivity (Wildman–Crippen MR) is 128 cm³/mol. The highest BCUT2D eigenvalue weighted by molar-refractivity contribution is 5.89. The Kier molecular flexibility index (Phi) is 10.2. The third-order valence-corrected chi connectivity index (χ3v) is 5.71. The second-order valence-electron chi connectivity index (χ2n) is 8.45. The minimum absolute atomic E-state index is 0.163. The lowest BCUT2D eigenvalue weighted by atomic mass is 9.95. The number of aryl methyl sites for hydroxylation is 3. The fourth-order valence-electron chi connectivity index (χ4n) is 3.83. The Balaban J connectivity index is 1.90. The molecule has 2 amide bonds. The first-order valence-corrected chi connectivity index (χ1v) is 11.5. The van der Waals surface area contributed by atoms with Gasteiger partial charge >= 0.3 is 0 Å². The molecule has 0 saturated carbocycles. The molecule has 0 aliphatic rings. The Labute approximate surface area is 191 Å². The van der Waals surface area contributed by atoms with Crippen molar-refractivity contribution in [2.45, 2.75) is 71.4 Å². The molecule has 2 aromatic carbocycles. The molecule has 32 heavy (non-hydrogen) atoms. The number of phenolic OH excluding ortho intramolecular Hbond substituents is 1. The van der Waals surface area contributed by atoms with Crippen LogP contribution in [0.25, 0.3) is 0 Å². The largest absolute Gasteiger partial charge is 0.508 e. The van der Waals surface area contributed by atoms with E-state index in [1.165, 1.54) is 5.56 Å². The maximum atomic E-state index is 12.8. The number of nitrogens with one attached hydrogen (secondary N) is 2. The highest BCUT2D eigenvalue weighted by Crippen LogP contribution is 2.21. The van der Waals surface area contributed by atoms with Gasteiger partial charge in [0.1, 0.15) is 11.8 Å². The molecule has 174 valence electrons. The van der Waals surface area contributed by atoms with Gasteiger partial charge in [-0.15, -0.1) is 0 Å². The average Bonchev–Trinajstić information content (AvgIpc) is 2.76. The van der Waals surface area contributed by atoms with E-state index in [1.807, 2.05) is 32.0 Å². The topological polar surface area (TPSA) is 104 Å². The molecule has 2 aromatic rings. The van der Waals surface area contributed by atoms with Crippen molar-refractivity contribution in [3.05, 3.63) is 64.7 Å². The number of unbranched alkanes of at least 4 members (excludes halogenated alkanes) is 1. The summed E-state index contributed by atoms with van der Waals surface area (Å²) in [6.45, 7) is 6.39. The van der Waals surface area contributed by atoms with Crippen molar-refractivity contribution < 1.29 is 14.7 Å². The molecule has 0 aliphatic carbocycles. The van der Waals surface area contributed by atoms with E-state index >= 15 is 0 Å². The lowest BCUT2D eigenvalue weighted by Crippen LogP contribution is -2.52. The van der Waals surface area contributed by atoms with Crippen molar-refractivity contribution in [3.63, 3.8) is 0 Å². The smallest absolute Gasteiger partial charge is 0.242 e. The number of hydrogen-bond donors (Lipinski definition) is 4. The number of nitrogens with two attached hydrogens (primary N) is 1. The molecule has 0 heterocycles. The van der Waals surface area contributed by atoms with E-state index in [2.05, 4.69) is 29.7 Å². The standard InChI is InChI=1S/C26H37N3O3/c1-4-5-13-24(26(32)28-14-9-12-20-10-7-6-8-11-20)29-25(31)23(27)17-22-18(2)15-21(30)16-19(22)3/h6-8,10-11,15-16,23-24,30H,4-5,9,12-14,17,27H2,1-3H3,(H,28,32)(H,29,31)/t23?,24-/m1/s1. The van der Waals surface area contributed by atoms with Gasteiger partial charge in [0, 0.05) is 6.54 Å². The number of phenols is 1. The third kappa shape index (κ3) is 8.00. The SMILES string of the molecule is CCCC[C@@H](NC(=O)C(N)Cc1c(C)cc(O)cc1C)C(=O)NCCCc1ccccc1. The molecule has 0 bridgehead atoms. The van der Waals surface area contributed by atoms with Crippen molar-refractivity contribution in [3.8, 4) is 5.75 Å². The highest BCUT2D eigenvalue weighted by Gasteiger charge is 2.24. The fourth-order valence-corrected chi connectivity index (χ4v) is 3.83. The van der Waals surface area contributed by atoms with Crippen LogP contribution in [0.3, 0.4) is 0 Å². The van der Waals surface area contributed by atoms with Gasteiger partial charge < -0.3 is 21.5 Å². The van der Waals surface area contributed by atoms with Crippen LogP contribution in [0, 0.1) is 13.8 Å². The molecule has 0 fully saturated rings.